The number of nitriles is 1. The van der Waals surface area contributed by atoms with Crippen LogP contribution in [0.1, 0.15) is 5.56 Å². The summed E-state index contributed by atoms with van der Waals surface area (Å²) < 4.78 is 12.1. The molecule has 1 aromatic carbocycles. The van der Waals surface area contributed by atoms with Gasteiger partial charge in [0.25, 0.3) is 0 Å². The van der Waals surface area contributed by atoms with Crippen molar-refractivity contribution in [2.24, 2.45) is 0 Å². The fraction of sp³-hybridized carbons (Fsp3) is 0.0500. The Hall–Kier alpha value is -4.05. The van der Waals surface area contributed by atoms with Gasteiger partial charge in [0, 0.05) is 29.0 Å². The van der Waals surface area contributed by atoms with Gasteiger partial charge in [-0.3, -0.25) is 0 Å². The van der Waals surface area contributed by atoms with E-state index < -0.39 is 0 Å². The largest absolute Gasteiger partial charge is 0.497 e. The van der Waals surface area contributed by atoms with E-state index in [9.17, 15) is 5.26 Å². The molecule has 0 aliphatic heterocycles. The fourth-order valence-corrected chi connectivity index (χ4v) is 2.82. The van der Waals surface area contributed by atoms with Gasteiger partial charge in [-0.25, -0.2) is 9.67 Å². The highest BCUT2D eigenvalue weighted by atomic mass is 16.5. The zero-order valence-electron chi connectivity index (χ0n) is 14.5. The van der Waals surface area contributed by atoms with E-state index >= 15 is 0 Å². The zero-order chi connectivity index (χ0) is 18.8. The summed E-state index contributed by atoms with van der Waals surface area (Å²) in [6.07, 6.45) is 6.67. The molecular formula is C20H15N5O2. The lowest BCUT2D eigenvalue weighted by Gasteiger charge is -2.07. The maximum Gasteiger partial charge on any atom is 0.142 e. The maximum atomic E-state index is 9.43. The number of pyridine rings is 1. The van der Waals surface area contributed by atoms with E-state index in [1.165, 1.54) is 0 Å². The van der Waals surface area contributed by atoms with Gasteiger partial charge < -0.3 is 14.9 Å². The Labute approximate surface area is 155 Å². The molecular weight excluding hydrogens is 342 g/mol. The lowest BCUT2D eigenvalue weighted by atomic mass is 10.0. The van der Waals surface area contributed by atoms with Gasteiger partial charge in [-0.05, 0) is 24.3 Å². The van der Waals surface area contributed by atoms with Crippen LogP contribution >= 0.6 is 0 Å². The summed E-state index contributed by atoms with van der Waals surface area (Å²) in [6.45, 7) is 0. The van der Waals surface area contributed by atoms with Gasteiger partial charge >= 0.3 is 0 Å². The van der Waals surface area contributed by atoms with Crippen molar-refractivity contribution in [3.63, 3.8) is 0 Å². The number of benzene rings is 1. The Balaban J connectivity index is 1.79. The first-order valence-corrected chi connectivity index (χ1v) is 8.12. The number of hydrogen-bond donors (Lipinski definition) is 1. The molecule has 2 N–H and O–H groups in total. The van der Waals surface area contributed by atoms with Crippen LogP contribution in [0, 0.1) is 11.3 Å². The number of aromatic nitrogens is 3. The Morgan fingerprint density at radius 1 is 1.22 bits per heavy atom. The predicted octanol–water partition coefficient (Wildman–Crippen LogP) is 3.66. The van der Waals surface area contributed by atoms with Gasteiger partial charge in [-0.2, -0.15) is 10.4 Å². The van der Waals surface area contributed by atoms with E-state index in [1.807, 2.05) is 36.5 Å². The molecule has 0 fully saturated rings. The molecule has 0 aliphatic rings. The molecule has 132 valence electrons. The second kappa shape index (κ2) is 6.69. The first kappa shape index (κ1) is 16.4. The van der Waals surface area contributed by atoms with Gasteiger partial charge in [-0.15, -0.1) is 0 Å². The number of anilines is 1. The Kier molecular flexibility index (Phi) is 4.07. The number of furan rings is 1. The quantitative estimate of drug-likeness (QED) is 0.598. The lowest BCUT2D eigenvalue weighted by molar-refractivity contribution is 0.414. The highest BCUT2D eigenvalue weighted by Crippen LogP contribution is 2.31. The summed E-state index contributed by atoms with van der Waals surface area (Å²) >= 11 is 0. The van der Waals surface area contributed by atoms with Crippen molar-refractivity contribution in [2.45, 2.75) is 0 Å². The molecule has 0 atom stereocenters. The minimum Gasteiger partial charge on any atom is -0.497 e. The van der Waals surface area contributed by atoms with Crippen molar-refractivity contribution >= 4 is 5.82 Å². The molecule has 7 nitrogen and oxygen atoms in total. The average Bonchev–Trinajstić information content (AvgIpc) is 3.39. The van der Waals surface area contributed by atoms with E-state index in [-0.39, 0.29) is 5.82 Å². The van der Waals surface area contributed by atoms with Gasteiger partial charge in [0.2, 0.25) is 0 Å². The molecule has 0 amide bonds. The summed E-state index contributed by atoms with van der Waals surface area (Å²) in [6, 6.07) is 13.3. The highest BCUT2D eigenvalue weighted by molar-refractivity contribution is 5.79. The van der Waals surface area contributed by atoms with Crippen LogP contribution in [-0.4, -0.2) is 21.9 Å². The van der Waals surface area contributed by atoms with Crippen LogP contribution in [-0.2, 0) is 0 Å². The smallest absolute Gasteiger partial charge is 0.142 e. The van der Waals surface area contributed by atoms with E-state index in [0.29, 0.717) is 16.8 Å². The second-order valence-corrected chi connectivity index (χ2v) is 5.81. The minimum absolute atomic E-state index is 0.167. The van der Waals surface area contributed by atoms with Crippen molar-refractivity contribution < 1.29 is 9.15 Å². The van der Waals surface area contributed by atoms with Crippen LogP contribution < -0.4 is 10.5 Å². The molecule has 0 saturated carbocycles. The number of nitrogens with zero attached hydrogens (tertiary/aromatic N) is 4. The number of nitrogens with two attached hydrogens (primary N) is 1. The lowest BCUT2D eigenvalue weighted by Crippen LogP contribution is -1.99. The number of rotatable bonds is 4. The number of hydrogen-bond acceptors (Lipinski definition) is 6. The summed E-state index contributed by atoms with van der Waals surface area (Å²) in [5, 5.41) is 13.8. The van der Waals surface area contributed by atoms with Crippen molar-refractivity contribution in [1.29, 1.82) is 5.26 Å². The molecule has 0 saturated heterocycles. The van der Waals surface area contributed by atoms with E-state index in [0.717, 1.165) is 22.6 Å². The molecule has 4 aromatic rings. The SMILES string of the molecule is COc1cccc(-n2cc(-c3cc(-c4ccoc4)c(C#N)c(N)n3)cn2)c1. The van der Waals surface area contributed by atoms with Gasteiger partial charge in [0.05, 0.1) is 37.2 Å². The number of nitrogen functional groups attached to an aromatic ring is 1. The van der Waals surface area contributed by atoms with Crippen molar-refractivity contribution in [1.82, 2.24) is 14.8 Å². The van der Waals surface area contributed by atoms with E-state index in [2.05, 4.69) is 16.2 Å². The number of methoxy groups -OCH3 is 1. The summed E-state index contributed by atoms with van der Waals surface area (Å²) in [5.74, 6) is 0.910. The van der Waals surface area contributed by atoms with Crippen molar-refractivity contribution in [3.05, 3.63) is 66.9 Å². The fourth-order valence-electron chi connectivity index (χ4n) is 2.82. The molecule has 0 bridgehead atoms. The van der Waals surface area contributed by atoms with E-state index in [1.54, 1.807) is 36.6 Å². The minimum atomic E-state index is 0.167. The van der Waals surface area contributed by atoms with Gasteiger partial charge in [0.1, 0.15) is 23.2 Å². The van der Waals surface area contributed by atoms with Crippen molar-refractivity contribution in [3.8, 4) is 39.9 Å². The van der Waals surface area contributed by atoms with Gasteiger partial charge in [0.15, 0.2) is 0 Å². The molecule has 0 unspecified atom stereocenters. The molecule has 0 spiro atoms. The zero-order valence-corrected chi connectivity index (χ0v) is 14.5. The molecule has 3 heterocycles. The topological polar surface area (TPSA) is 103 Å². The van der Waals surface area contributed by atoms with E-state index in [4.69, 9.17) is 14.9 Å². The molecule has 4 rings (SSSR count). The van der Waals surface area contributed by atoms with Crippen LogP contribution in [0.4, 0.5) is 5.82 Å². The standard InChI is InChI=1S/C20H15N5O2/c1-26-16-4-2-3-15(7-16)25-11-14(10-23-25)19-8-17(13-5-6-27-12-13)18(9-21)20(22)24-19/h2-8,10-12H,1H3,(H2,22,24). The first-order chi connectivity index (χ1) is 13.2. The maximum absolute atomic E-state index is 9.43. The third-order valence-corrected chi connectivity index (χ3v) is 4.19. The van der Waals surface area contributed by atoms with Crippen LogP contribution in [0.2, 0.25) is 0 Å². The Morgan fingerprint density at radius 2 is 2.11 bits per heavy atom. The monoisotopic (exact) mass is 357 g/mol. The molecule has 27 heavy (non-hydrogen) atoms. The molecule has 0 aliphatic carbocycles. The van der Waals surface area contributed by atoms with Crippen molar-refractivity contribution in [2.75, 3.05) is 12.8 Å². The molecule has 0 radical (unpaired) electrons. The highest BCUT2D eigenvalue weighted by Gasteiger charge is 2.15. The van der Waals surface area contributed by atoms with Crippen LogP contribution in [0.3, 0.4) is 0 Å². The average molecular weight is 357 g/mol. The van der Waals surface area contributed by atoms with Crippen LogP contribution in [0.15, 0.2) is 65.7 Å². The summed E-state index contributed by atoms with van der Waals surface area (Å²) in [4.78, 5) is 4.37. The molecule has 3 aromatic heterocycles. The number of ether oxygens (including phenoxy) is 1. The van der Waals surface area contributed by atoms with Gasteiger partial charge in [-0.1, -0.05) is 6.07 Å². The molecule has 7 heteroatoms. The predicted molar refractivity (Wildman–Crippen MR) is 100 cm³/mol. The Bertz CT molecular complexity index is 1140. The second-order valence-electron chi connectivity index (χ2n) is 5.81. The third kappa shape index (κ3) is 3.00. The normalized spacial score (nSPS) is 10.5. The Morgan fingerprint density at radius 3 is 2.85 bits per heavy atom. The van der Waals surface area contributed by atoms with Crippen LogP contribution in [0.5, 0.6) is 5.75 Å². The summed E-state index contributed by atoms with van der Waals surface area (Å²) in [5.41, 5.74) is 10.0. The summed E-state index contributed by atoms with van der Waals surface area (Å²) in [7, 11) is 1.62. The van der Waals surface area contributed by atoms with Crippen LogP contribution in [0.25, 0.3) is 28.1 Å². The first-order valence-electron chi connectivity index (χ1n) is 8.12. The third-order valence-electron chi connectivity index (χ3n) is 4.19.